The summed E-state index contributed by atoms with van der Waals surface area (Å²) in [6.45, 7) is -3.76. The third-order valence-corrected chi connectivity index (χ3v) is 4.12. The van der Waals surface area contributed by atoms with Gasteiger partial charge in [0.2, 0.25) is 17.9 Å². The van der Waals surface area contributed by atoms with Gasteiger partial charge >= 0.3 is 41.7 Å². The molecule has 0 spiro atoms. The first kappa shape index (κ1) is 31.4. The Hall–Kier alpha value is -2.64. The van der Waals surface area contributed by atoms with Crippen LogP contribution in [0.2, 0.25) is 0 Å². The minimum Gasteiger partial charge on any atom is -0.481 e. The van der Waals surface area contributed by atoms with Crippen LogP contribution >= 0.6 is 0 Å². The first-order valence-corrected chi connectivity index (χ1v) is 7.89. The highest BCUT2D eigenvalue weighted by Gasteiger charge is 2.93. The monoisotopic (exact) mass is 575 g/mol. The molecule has 0 unspecified atom stereocenters. The molecule has 0 bridgehead atoms. The van der Waals surface area contributed by atoms with Crippen molar-refractivity contribution < 1.29 is 92.9 Å². The smallest absolute Gasteiger partial charge is 0.460 e. The predicted octanol–water partition coefficient (Wildman–Crippen LogP) is 6.45. The molecule has 0 N–H and O–H groups in total. The van der Waals surface area contributed by atoms with Crippen molar-refractivity contribution in [2.45, 2.75) is 41.7 Å². The molecule has 1 rings (SSSR count). The van der Waals surface area contributed by atoms with E-state index in [-0.39, 0.29) is 6.29 Å². The zero-order valence-corrected chi connectivity index (χ0v) is 15.7. The molecule has 1 radical (unpaired) electrons. The minimum atomic E-state index is -8.62. The number of hydrogen-bond acceptors (Lipinski definition) is 2. The second kappa shape index (κ2) is 8.73. The Kier molecular flexibility index (Phi) is 7.62. The van der Waals surface area contributed by atoms with Crippen molar-refractivity contribution in [3.05, 3.63) is 28.8 Å². The van der Waals surface area contributed by atoms with Crippen LogP contribution in [0.15, 0.2) is 0 Å². The molecule has 0 fully saturated rings. The van der Waals surface area contributed by atoms with Gasteiger partial charge in [-0.3, -0.25) is 4.79 Å². The molecule has 1 aromatic rings. The number of benzene rings is 1. The maximum atomic E-state index is 13.6. The van der Waals surface area contributed by atoms with Crippen LogP contribution in [0.4, 0.5) is 83.4 Å². The van der Waals surface area contributed by atoms with Gasteiger partial charge in [-0.2, -0.15) is 74.6 Å². The fourth-order valence-corrected chi connectivity index (χ4v) is 2.08. The van der Waals surface area contributed by atoms with Gasteiger partial charge in [0.25, 0.3) is 0 Å². The Morgan fingerprint density at radius 1 is 0.528 bits per heavy atom. The molecule has 0 aromatic heterocycles. The molecule has 0 aliphatic rings. The van der Waals surface area contributed by atoms with E-state index < -0.39 is 82.9 Å². The van der Waals surface area contributed by atoms with Crippen LogP contribution in [-0.2, 0) is 4.79 Å². The Bertz CT molecular complexity index is 980. The summed E-state index contributed by atoms with van der Waals surface area (Å²) in [5.74, 6) is -63.5. The lowest BCUT2D eigenvalue weighted by molar-refractivity contribution is -0.453. The van der Waals surface area contributed by atoms with E-state index in [2.05, 4.69) is 4.74 Å². The number of carbonyl (C=O) groups excluding carboxylic acids is 1. The Morgan fingerprint density at radius 2 is 0.861 bits per heavy atom. The molecule has 1 aromatic carbocycles. The van der Waals surface area contributed by atoms with E-state index in [0.29, 0.717) is 0 Å². The van der Waals surface area contributed by atoms with Crippen molar-refractivity contribution in [3.63, 3.8) is 0 Å². The summed E-state index contributed by atoms with van der Waals surface area (Å²) in [5, 5.41) is 0. The zero-order chi connectivity index (χ0) is 29.1. The van der Waals surface area contributed by atoms with E-state index in [0.717, 1.165) is 0 Å². The van der Waals surface area contributed by atoms with Gasteiger partial charge in [-0.15, -0.1) is 0 Å². The zero-order valence-electron chi connectivity index (χ0n) is 15.7. The van der Waals surface area contributed by atoms with E-state index in [1.165, 1.54) is 0 Å². The van der Waals surface area contributed by atoms with Crippen LogP contribution in [-0.4, -0.2) is 54.6 Å². The van der Waals surface area contributed by atoms with E-state index >= 15 is 0 Å². The molecule has 0 atom stereocenters. The second-order valence-corrected chi connectivity index (χ2v) is 6.42. The van der Waals surface area contributed by atoms with Gasteiger partial charge in [-0.25, -0.2) is 8.78 Å². The van der Waals surface area contributed by atoms with Crippen LogP contribution in [0.1, 0.15) is 5.56 Å². The maximum Gasteiger partial charge on any atom is 0.460 e. The highest BCUT2D eigenvalue weighted by Crippen LogP contribution is 2.62. The standard InChI is InChI=1S/C15H2F19O2/c16-4-3(1-35)5(17)7(19)8(6(4)18)36-2-9(20,21)10(22,23)11(24,25)12(26,27)13(28,29)14(30,31)15(32,33)34/h2H2. The molecule has 36 heavy (non-hydrogen) atoms. The van der Waals surface area contributed by atoms with Gasteiger partial charge < -0.3 is 4.74 Å². The third-order valence-electron chi connectivity index (χ3n) is 4.12. The van der Waals surface area contributed by atoms with Gasteiger partial charge in [0.05, 0.1) is 0 Å². The minimum absolute atomic E-state index is 0.244. The lowest BCUT2D eigenvalue weighted by atomic mass is 9.91. The van der Waals surface area contributed by atoms with Crippen LogP contribution in [0.25, 0.3) is 0 Å². The van der Waals surface area contributed by atoms with Crippen LogP contribution in [0, 0.1) is 23.3 Å². The topological polar surface area (TPSA) is 26.3 Å². The average Bonchev–Trinajstić information content (AvgIpc) is 2.71. The van der Waals surface area contributed by atoms with Crippen molar-refractivity contribution in [2.75, 3.05) is 6.61 Å². The predicted molar refractivity (Wildman–Crippen MR) is 72.3 cm³/mol. The molecule has 0 saturated heterocycles. The van der Waals surface area contributed by atoms with Crippen LogP contribution in [0.3, 0.4) is 0 Å². The number of ether oxygens (including phenoxy) is 1. The summed E-state index contributed by atoms with van der Waals surface area (Å²) in [6.07, 6.45) is -7.57. The second-order valence-electron chi connectivity index (χ2n) is 6.42. The molecular formula is C15H2F19O2. The molecular weight excluding hydrogens is 573 g/mol. The van der Waals surface area contributed by atoms with E-state index in [4.69, 9.17) is 0 Å². The maximum absolute atomic E-state index is 13.6. The largest absolute Gasteiger partial charge is 0.481 e. The molecule has 0 amide bonds. The number of halogens is 19. The molecule has 0 aliphatic heterocycles. The molecule has 0 aliphatic carbocycles. The fourth-order valence-electron chi connectivity index (χ4n) is 2.08. The first-order valence-electron chi connectivity index (χ1n) is 7.89. The van der Waals surface area contributed by atoms with Crippen molar-refractivity contribution in [2.24, 2.45) is 0 Å². The fraction of sp³-hybridized carbons (Fsp3) is 0.533. The van der Waals surface area contributed by atoms with Crippen LogP contribution < -0.4 is 4.74 Å². The molecule has 21 heteroatoms. The normalized spacial score (nSPS) is 14.8. The summed E-state index contributed by atoms with van der Waals surface area (Å²) in [4.78, 5) is 10.2. The van der Waals surface area contributed by atoms with E-state index in [1.54, 1.807) is 0 Å². The number of rotatable bonds is 9. The Labute approximate surface area is 183 Å². The summed E-state index contributed by atoms with van der Waals surface area (Å²) in [7, 11) is 0. The third kappa shape index (κ3) is 4.16. The molecule has 0 saturated carbocycles. The van der Waals surface area contributed by atoms with E-state index in [9.17, 15) is 88.2 Å². The lowest BCUT2D eigenvalue weighted by Crippen LogP contribution is -2.73. The van der Waals surface area contributed by atoms with Crippen LogP contribution in [0.5, 0.6) is 5.75 Å². The SMILES string of the molecule is O=[C]c1c(F)c(F)c(OCC(F)(F)C(F)(F)C(F)(F)C(F)(F)C(F)(F)C(F)(F)C(F)(F)F)c(F)c1F. The average molecular weight is 575 g/mol. The van der Waals surface area contributed by atoms with Crippen molar-refractivity contribution in [1.29, 1.82) is 0 Å². The van der Waals surface area contributed by atoms with Gasteiger partial charge in [0.15, 0.2) is 24.0 Å². The summed E-state index contributed by atoms with van der Waals surface area (Å²) in [5.41, 5.74) is -2.21. The number of alkyl halides is 15. The van der Waals surface area contributed by atoms with Gasteiger partial charge in [0.1, 0.15) is 5.56 Å². The molecule has 2 nitrogen and oxygen atoms in total. The van der Waals surface area contributed by atoms with Gasteiger partial charge in [-0.05, 0) is 0 Å². The summed E-state index contributed by atoms with van der Waals surface area (Å²) < 4.78 is 252. The van der Waals surface area contributed by atoms with Crippen molar-refractivity contribution >= 4 is 6.29 Å². The van der Waals surface area contributed by atoms with Crippen molar-refractivity contribution in [3.8, 4) is 5.75 Å². The Balaban J connectivity index is 3.53. The molecule has 207 valence electrons. The van der Waals surface area contributed by atoms with Gasteiger partial charge in [0, 0.05) is 0 Å². The van der Waals surface area contributed by atoms with Gasteiger partial charge in [-0.1, -0.05) is 0 Å². The summed E-state index contributed by atoms with van der Waals surface area (Å²) >= 11 is 0. The lowest BCUT2D eigenvalue weighted by Gasteiger charge is -2.41. The van der Waals surface area contributed by atoms with Crippen molar-refractivity contribution in [1.82, 2.24) is 0 Å². The highest BCUT2D eigenvalue weighted by molar-refractivity contribution is 5.76. The molecule has 0 heterocycles. The van der Waals surface area contributed by atoms with E-state index in [1.807, 2.05) is 0 Å². The highest BCUT2D eigenvalue weighted by atomic mass is 19.4. The Morgan fingerprint density at radius 3 is 1.19 bits per heavy atom. The first-order chi connectivity index (χ1) is 15.7. The summed E-state index contributed by atoms with van der Waals surface area (Å²) in [6, 6.07) is 0. The quantitative estimate of drug-likeness (QED) is 0.250. The number of hydrogen-bond donors (Lipinski definition) is 0.